The third kappa shape index (κ3) is 1.40. The first kappa shape index (κ1) is 8.52. The Labute approximate surface area is 82.4 Å². The second-order valence-electron chi connectivity index (χ2n) is 3.23. The van der Waals surface area contributed by atoms with E-state index in [0.717, 1.165) is 16.5 Å². The van der Waals surface area contributed by atoms with E-state index in [1.807, 2.05) is 32.0 Å². The fourth-order valence-electron chi connectivity index (χ4n) is 1.56. The maximum absolute atomic E-state index is 6.06. The molecule has 2 heteroatoms. The zero-order valence-corrected chi connectivity index (χ0v) is 8.39. The van der Waals surface area contributed by atoms with Crippen LogP contribution < -0.4 is 0 Å². The molecule has 0 bridgehead atoms. The lowest BCUT2D eigenvalue weighted by Gasteiger charge is -2.04. The quantitative estimate of drug-likeness (QED) is 0.581. The van der Waals surface area contributed by atoms with Crippen LogP contribution in [0.5, 0.6) is 0 Å². The monoisotopic (exact) mass is 191 g/mol. The Bertz CT molecular complexity index is 463. The maximum Gasteiger partial charge on any atom is 0.137 e. The number of aromatic nitrogens is 1. The van der Waals surface area contributed by atoms with Crippen molar-refractivity contribution in [1.29, 1.82) is 0 Å². The number of nitrogens with zero attached hydrogens (tertiary/aromatic N) is 1. The molecule has 0 saturated carbocycles. The van der Waals surface area contributed by atoms with Crippen LogP contribution in [0.4, 0.5) is 0 Å². The van der Waals surface area contributed by atoms with Gasteiger partial charge in [-0.1, -0.05) is 29.8 Å². The van der Waals surface area contributed by atoms with Crippen LogP contribution in [0, 0.1) is 13.8 Å². The number of fused-ring (bicyclic) bond motifs is 1. The fourth-order valence-corrected chi connectivity index (χ4v) is 1.95. The van der Waals surface area contributed by atoms with Gasteiger partial charge in [0.1, 0.15) is 5.15 Å². The molecule has 0 saturated heterocycles. The highest BCUT2D eigenvalue weighted by Crippen LogP contribution is 2.25. The predicted molar refractivity (Wildman–Crippen MR) is 56.2 cm³/mol. The van der Waals surface area contributed by atoms with Gasteiger partial charge in [-0.3, -0.25) is 0 Å². The van der Waals surface area contributed by atoms with Crippen molar-refractivity contribution in [3.05, 3.63) is 40.7 Å². The summed E-state index contributed by atoms with van der Waals surface area (Å²) in [5.41, 5.74) is 2.14. The molecule has 66 valence electrons. The van der Waals surface area contributed by atoms with Gasteiger partial charge in [0.25, 0.3) is 0 Å². The summed E-state index contributed by atoms with van der Waals surface area (Å²) in [4.78, 5) is 4.23. The van der Waals surface area contributed by atoms with E-state index < -0.39 is 0 Å². The molecular formula is C11H10ClN. The molecule has 0 aliphatic carbocycles. The smallest absolute Gasteiger partial charge is 0.137 e. The van der Waals surface area contributed by atoms with Gasteiger partial charge in [-0.25, -0.2) is 4.98 Å². The summed E-state index contributed by atoms with van der Waals surface area (Å²) >= 11 is 6.06. The normalized spacial score (nSPS) is 10.7. The van der Waals surface area contributed by atoms with Gasteiger partial charge >= 0.3 is 0 Å². The molecule has 2 aromatic rings. The average Bonchev–Trinajstić information content (AvgIpc) is 2.02. The minimum atomic E-state index is 0.605. The summed E-state index contributed by atoms with van der Waals surface area (Å²) in [6, 6.07) is 8.19. The molecule has 0 amide bonds. The molecule has 0 aliphatic heterocycles. The van der Waals surface area contributed by atoms with Crippen molar-refractivity contribution in [3.8, 4) is 0 Å². The number of hydrogen-bond donors (Lipinski definition) is 0. The Morgan fingerprint density at radius 1 is 1.23 bits per heavy atom. The molecule has 0 spiro atoms. The molecule has 2 rings (SSSR count). The van der Waals surface area contributed by atoms with Crippen molar-refractivity contribution < 1.29 is 0 Å². The summed E-state index contributed by atoms with van der Waals surface area (Å²) in [6.45, 7) is 4.00. The lowest BCUT2D eigenvalue weighted by atomic mass is 10.1. The minimum absolute atomic E-state index is 0.605. The highest BCUT2D eigenvalue weighted by atomic mass is 35.5. The highest BCUT2D eigenvalue weighted by molar-refractivity contribution is 6.34. The molecule has 0 atom stereocenters. The van der Waals surface area contributed by atoms with E-state index in [9.17, 15) is 0 Å². The number of halogens is 1. The van der Waals surface area contributed by atoms with Gasteiger partial charge in [0.2, 0.25) is 0 Å². The van der Waals surface area contributed by atoms with Gasteiger partial charge in [0.15, 0.2) is 0 Å². The van der Waals surface area contributed by atoms with Crippen LogP contribution >= 0.6 is 11.6 Å². The van der Waals surface area contributed by atoms with Crippen LogP contribution in [0.1, 0.15) is 11.3 Å². The average molecular weight is 192 g/mol. The van der Waals surface area contributed by atoms with Crippen molar-refractivity contribution in [2.45, 2.75) is 13.8 Å². The zero-order valence-electron chi connectivity index (χ0n) is 7.63. The van der Waals surface area contributed by atoms with Crippen LogP contribution in [0.3, 0.4) is 0 Å². The minimum Gasteiger partial charge on any atom is -0.241 e. The van der Waals surface area contributed by atoms with E-state index in [0.29, 0.717) is 5.15 Å². The number of benzene rings is 1. The molecule has 0 radical (unpaired) electrons. The molecule has 13 heavy (non-hydrogen) atoms. The molecule has 1 heterocycles. The second-order valence-corrected chi connectivity index (χ2v) is 3.59. The van der Waals surface area contributed by atoms with E-state index in [1.165, 1.54) is 5.56 Å². The van der Waals surface area contributed by atoms with E-state index >= 15 is 0 Å². The highest BCUT2D eigenvalue weighted by Gasteiger charge is 2.03. The number of aryl methyl sites for hydroxylation is 2. The van der Waals surface area contributed by atoms with Gasteiger partial charge < -0.3 is 0 Å². The van der Waals surface area contributed by atoms with Crippen molar-refractivity contribution in [2.75, 3.05) is 0 Å². The third-order valence-electron chi connectivity index (χ3n) is 2.15. The van der Waals surface area contributed by atoms with Crippen LogP contribution in [-0.2, 0) is 0 Å². The van der Waals surface area contributed by atoms with Gasteiger partial charge in [0.05, 0.1) is 0 Å². The topological polar surface area (TPSA) is 12.9 Å². The number of rotatable bonds is 0. The van der Waals surface area contributed by atoms with Crippen LogP contribution in [0.25, 0.3) is 10.8 Å². The van der Waals surface area contributed by atoms with Crippen molar-refractivity contribution >= 4 is 22.4 Å². The fraction of sp³-hybridized carbons (Fsp3) is 0.182. The third-order valence-corrected chi connectivity index (χ3v) is 2.42. The summed E-state index contributed by atoms with van der Waals surface area (Å²) in [5, 5.41) is 2.83. The van der Waals surface area contributed by atoms with Crippen LogP contribution in [0.2, 0.25) is 5.15 Å². The largest absolute Gasteiger partial charge is 0.241 e. The summed E-state index contributed by atoms with van der Waals surface area (Å²) < 4.78 is 0. The Hall–Kier alpha value is -1.08. The summed E-state index contributed by atoms with van der Waals surface area (Å²) in [6.07, 6.45) is 0. The number of pyridine rings is 1. The summed E-state index contributed by atoms with van der Waals surface area (Å²) in [7, 11) is 0. The Morgan fingerprint density at radius 3 is 2.77 bits per heavy atom. The lowest BCUT2D eigenvalue weighted by molar-refractivity contribution is 1.22. The van der Waals surface area contributed by atoms with Gasteiger partial charge in [-0.15, -0.1) is 0 Å². The summed E-state index contributed by atoms with van der Waals surface area (Å²) in [5.74, 6) is 0. The van der Waals surface area contributed by atoms with Gasteiger partial charge in [-0.2, -0.15) is 0 Å². The van der Waals surface area contributed by atoms with Gasteiger partial charge in [0, 0.05) is 11.1 Å². The van der Waals surface area contributed by atoms with E-state index in [-0.39, 0.29) is 0 Å². The standard InChI is InChI=1S/C11H10ClN/c1-7-4-3-5-9-6-8(2)13-11(12)10(7)9/h3-6H,1-2H3. The van der Waals surface area contributed by atoms with Crippen molar-refractivity contribution in [2.24, 2.45) is 0 Å². The van der Waals surface area contributed by atoms with E-state index in [4.69, 9.17) is 11.6 Å². The molecule has 0 fully saturated rings. The maximum atomic E-state index is 6.06. The van der Waals surface area contributed by atoms with Crippen molar-refractivity contribution in [3.63, 3.8) is 0 Å². The molecule has 0 aliphatic rings. The first-order chi connectivity index (χ1) is 6.18. The molecule has 1 aromatic heterocycles. The van der Waals surface area contributed by atoms with Crippen LogP contribution in [0.15, 0.2) is 24.3 Å². The molecule has 0 unspecified atom stereocenters. The lowest BCUT2D eigenvalue weighted by Crippen LogP contribution is -1.86. The molecular weight excluding hydrogens is 182 g/mol. The molecule has 1 nitrogen and oxygen atoms in total. The second kappa shape index (κ2) is 3.00. The molecule has 0 N–H and O–H groups in total. The van der Waals surface area contributed by atoms with Gasteiger partial charge in [-0.05, 0) is 30.9 Å². The van der Waals surface area contributed by atoms with E-state index in [2.05, 4.69) is 11.1 Å². The Balaban J connectivity index is 2.94. The van der Waals surface area contributed by atoms with Crippen LogP contribution in [-0.4, -0.2) is 4.98 Å². The first-order valence-electron chi connectivity index (χ1n) is 4.21. The SMILES string of the molecule is Cc1cc2cccc(C)c2c(Cl)n1. The first-order valence-corrected chi connectivity index (χ1v) is 4.59. The molecule has 1 aromatic carbocycles. The van der Waals surface area contributed by atoms with E-state index in [1.54, 1.807) is 0 Å². The predicted octanol–water partition coefficient (Wildman–Crippen LogP) is 3.51. The number of hydrogen-bond acceptors (Lipinski definition) is 1. The van der Waals surface area contributed by atoms with Crippen molar-refractivity contribution in [1.82, 2.24) is 4.98 Å². The Kier molecular flexibility index (Phi) is 1.97. The Morgan fingerprint density at radius 2 is 2.00 bits per heavy atom. The zero-order chi connectivity index (χ0) is 9.42.